The smallest absolute Gasteiger partial charge is 0.106 e. The fraction of sp³-hybridized carbons (Fsp3) is 0.929. The van der Waals surface area contributed by atoms with Crippen LogP contribution in [0.4, 0.5) is 0 Å². The van der Waals surface area contributed by atoms with Crippen molar-refractivity contribution in [3.63, 3.8) is 0 Å². The van der Waals surface area contributed by atoms with Crippen molar-refractivity contribution in [2.24, 2.45) is 5.92 Å². The minimum absolute atomic E-state index is 0.123. The predicted molar refractivity (Wildman–Crippen MR) is 71.8 cm³/mol. The second kappa shape index (κ2) is 8.49. The van der Waals surface area contributed by atoms with Gasteiger partial charge in [0.2, 0.25) is 0 Å². The summed E-state index contributed by atoms with van der Waals surface area (Å²) in [7, 11) is 0. The number of nitrogens with zero attached hydrogens (tertiary/aromatic N) is 1. The lowest BCUT2D eigenvalue weighted by molar-refractivity contribution is 0.0267. The van der Waals surface area contributed by atoms with Crippen LogP contribution in [0.5, 0.6) is 0 Å². The molecule has 17 heavy (non-hydrogen) atoms. The zero-order chi connectivity index (χ0) is 13.3. The summed E-state index contributed by atoms with van der Waals surface area (Å²) >= 11 is 0. The lowest BCUT2D eigenvalue weighted by Crippen LogP contribution is -2.43. The third-order valence-corrected chi connectivity index (χ3v) is 2.96. The van der Waals surface area contributed by atoms with E-state index < -0.39 is 5.54 Å². The van der Waals surface area contributed by atoms with Crippen molar-refractivity contribution in [3.05, 3.63) is 0 Å². The van der Waals surface area contributed by atoms with Crippen LogP contribution in [0.3, 0.4) is 0 Å². The number of nitrogens with one attached hydrogen (secondary N) is 1. The number of rotatable bonds is 9. The summed E-state index contributed by atoms with van der Waals surface area (Å²) in [4.78, 5) is 0. The average Bonchev–Trinajstić information content (AvgIpc) is 2.27. The van der Waals surface area contributed by atoms with Crippen molar-refractivity contribution in [2.45, 2.75) is 65.5 Å². The molecule has 3 unspecified atom stereocenters. The van der Waals surface area contributed by atoms with Gasteiger partial charge in [-0.1, -0.05) is 27.2 Å². The molecule has 0 amide bonds. The highest BCUT2D eigenvalue weighted by Gasteiger charge is 2.25. The third-order valence-electron chi connectivity index (χ3n) is 2.96. The maximum Gasteiger partial charge on any atom is 0.106 e. The normalized spacial score (nSPS) is 18.1. The van der Waals surface area contributed by atoms with Crippen LogP contribution < -0.4 is 5.32 Å². The van der Waals surface area contributed by atoms with E-state index in [1.165, 1.54) is 12.8 Å². The van der Waals surface area contributed by atoms with Gasteiger partial charge in [-0.25, -0.2) is 0 Å². The van der Waals surface area contributed by atoms with Crippen LogP contribution in [-0.2, 0) is 4.74 Å². The largest absolute Gasteiger partial charge is 0.378 e. The van der Waals surface area contributed by atoms with Gasteiger partial charge in [0.25, 0.3) is 0 Å². The van der Waals surface area contributed by atoms with Gasteiger partial charge in [-0.3, -0.25) is 5.32 Å². The first kappa shape index (κ1) is 16.4. The summed E-state index contributed by atoms with van der Waals surface area (Å²) in [6.45, 7) is 12.0. The first-order valence-electron chi connectivity index (χ1n) is 6.75. The summed E-state index contributed by atoms with van der Waals surface area (Å²) in [5.41, 5.74) is -0.470. The second-order valence-corrected chi connectivity index (χ2v) is 5.22. The monoisotopic (exact) mass is 240 g/mol. The topological polar surface area (TPSA) is 45.0 Å². The molecule has 0 aromatic rings. The highest BCUT2D eigenvalue weighted by atomic mass is 16.5. The van der Waals surface area contributed by atoms with Crippen molar-refractivity contribution >= 4 is 0 Å². The zero-order valence-corrected chi connectivity index (χ0v) is 12.0. The Kier molecular flexibility index (Phi) is 8.20. The Balaban J connectivity index is 3.99. The summed E-state index contributed by atoms with van der Waals surface area (Å²) in [6, 6.07) is 2.33. The lowest BCUT2D eigenvalue weighted by Gasteiger charge is -2.26. The van der Waals surface area contributed by atoms with Gasteiger partial charge in [0.15, 0.2) is 0 Å². The summed E-state index contributed by atoms with van der Waals surface area (Å²) in [5, 5.41) is 12.4. The van der Waals surface area contributed by atoms with E-state index >= 15 is 0 Å². The molecule has 0 spiro atoms. The highest BCUT2D eigenvalue weighted by Crippen LogP contribution is 2.15. The van der Waals surface area contributed by atoms with E-state index in [0.29, 0.717) is 5.92 Å². The lowest BCUT2D eigenvalue weighted by atomic mass is 9.96. The molecule has 0 radical (unpaired) electrons. The Morgan fingerprint density at radius 2 is 2.00 bits per heavy atom. The van der Waals surface area contributed by atoms with Crippen molar-refractivity contribution in [2.75, 3.05) is 13.2 Å². The summed E-state index contributed by atoms with van der Waals surface area (Å²) in [6.07, 6.45) is 3.26. The highest BCUT2D eigenvalue weighted by molar-refractivity contribution is 5.04. The van der Waals surface area contributed by atoms with Crippen LogP contribution in [0, 0.1) is 17.2 Å². The van der Waals surface area contributed by atoms with Gasteiger partial charge in [-0.05, 0) is 32.7 Å². The summed E-state index contributed by atoms with van der Waals surface area (Å²) in [5.74, 6) is 0.606. The van der Waals surface area contributed by atoms with E-state index in [1.54, 1.807) is 0 Å². The van der Waals surface area contributed by atoms with E-state index in [2.05, 4.69) is 25.2 Å². The van der Waals surface area contributed by atoms with Crippen LogP contribution in [0.2, 0.25) is 0 Å². The Hall–Kier alpha value is -0.590. The quantitative estimate of drug-likeness (QED) is 0.673. The second-order valence-electron chi connectivity index (χ2n) is 5.22. The molecule has 100 valence electrons. The van der Waals surface area contributed by atoms with E-state index in [-0.39, 0.29) is 6.10 Å². The van der Waals surface area contributed by atoms with Crippen LogP contribution in [0.1, 0.15) is 53.9 Å². The molecule has 3 atom stereocenters. The molecule has 0 rings (SSSR count). The molecular weight excluding hydrogens is 212 g/mol. The van der Waals surface area contributed by atoms with E-state index in [0.717, 1.165) is 19.6 Å². The van der Waals surface area contributed by atoms with Crippen molar-refractivity contribution in [1.82, 2.24) is 5.32 Å². The van der Waals surface area contributed by atoms with Crippen molar-refractivity contribution < 1.29 is 4.74 Å². The number of hydrogen-bond acceptors (Lipinski definition) is 3. The maximum atomic E-state index is 9.16. The van der Waals surface area contributed by atoms with E-state index in [1.807, 2.05) is 20.8 Å². The Morgan fingerprint density at radius 3 is 2.47 bits per heavy atom. The molecule has 0 bridgehead atoms. The maximum absolute atomic E-state index is 9.16. The number of nitriles is 1. The molecular formula is C14H28N2O. The van der Waals surface area contributed by atoms with Gasteiger partial charge in [0, 0.05) is 13.0 Å². The molecule has 0 saturated heterocycles. The van der Waals surface area contributed by atoms with Crippen LogP contribution >= 0.6 is 0 Å². The fourth-order valence-electron chi connectivity index (χ4n) is 2.09. The van der Waals surface area contributed by atoms with E-state index in [9.17, 15) is 0 Å². The molecule has 0 aromatic carbocycles. The van der Waals surface area contributed by atoms with Gasteiger partial charge in [0.1, 0.15) is 5.54 Å². The first-order chi connectivity index (χ1) is 7.97. The molecule has 0 heterocycles. The Morgan fingerprint density at radius 1 is 1.35 bits per heavy atom. The molecule has 0 aromatic heterocycles. The Bertz CT molecular complexity index is 237. The SMILES string of the molecule is CCCC(C)COC(C)CC(C)(C#N)NCC. The predicted octanol–water partition coefficient (Wildman–Crippen LogP) is 3.11. The standard InChI is InChI=1S/C14H28N2O/c1-6-8-12(3)10-17-13(4)9-14(5,11-15)16-7-2/h12-13,16H,6-10H2,1-5H3. The van der Waals surface area contributed by atoms with Gasteiger partial charge in [-0.15, -0.1) is 0 Å². The molecule has 0 aliphatic heterocycles. The number of ether oxygens (including phenoxy) is 1. The van der Waals surface area contributed by atoms with Crippen LogP contribution in [0.15, 0.2) is 0 Å². The average molecular weight is 240 g/mol. The van der Waals surface area contributed by atoms with Gasteiger partial charge in [-0.2, -0.15) is 5.26 Å². The van der Waals surface area contributed by atoms with E-state index in [4.69, 9.17) is 10.00 Å². The minimum Gasteiger partial charge on any atom is -0.378 e. The zero-order valence-electron chi connectivity index (χ0n) is 12.0. The van der Waals surface area contributed by atoms with Crippen molar-refractivity contribution in [3.8, 4) is 6.07 Å². The molecule has 0 aliphatic rings. The molecule has 0 saturated carbocycles. The molecule has 0 aliphatic carbocycles. The molecule has 0 fully saturated rings. The van der Waals surface area contributed by atoms with Gasteiger partial charge in [0.05, 0.1) is 12.2 Å². The fourth-order valence-corrected chi connectivity index (χ4v) is 2.09. The van der Waals surface area contributed by atoms with Crippen LogP contribution in [0.25, 0.3) is 0 Å². The Labute approximate surface area is 107 Å². The summed E-state index contributed by atoms with van der Waals surface area (Å²) < 4.78 is 5.81. The third kappa shape index (κ3) is 7.36. The minimum atomic E-state index is -0.470. The molecule has 1 N–H and O–H groups in total. The van der Waals surface area contributed by atoms with Gasteiger partial charge >= 0.3 is 0 Å². The first-order valence-corrected chi connectivity index (χ1v) is 6.75. The van der Waals surface area contributed by atoms with Gasteiger partial charge < -0.3 is 4.74 Å². The van der Waals surface area contributed by atoms with Crippen molar-refractivity contribution in [1.29, 1.82) is 5.26 Å². The molecule has 3 heteroatoms. The molecule has 3 nitrogen and oxygen atoms in total. The van der Waals surface area contributed by atoms with Crippen LogP contribution in [-0.4, -0.2) is 24.8 Å². The number of hydrogen-bond donors (Lipinski definition) is 1.